The topological polar surface area (TPSA) is 69.6 Å². The van der Waals surface area contributed by atoms with Crippen LogP contribution in [-0.4, -0.2) is 40.6 Å². The number of aromatic carboxylic acids is 1. The van der Waals surface area contributed by atoms with Crippen molar-refractivity contribution in [1.29, 1.82) is 0 Å². The molecule has 0 spiro atoms. The molecule has 5 nitrogen and oxygen atoms in total. The van der Waals surface area contributed by atoms with E-state index in [4.69, 9.17) is 5.11 Å². The Balaban J connectivity index is 1.65. The molecule has 9 heteroatoms. The van der Waals surface area contributed by atoms with Gasteiger partial charge in [-0.2, -0.15) is 13.2 Å². The number of amides is 1. The molecule has 0 aromatic heterocycles. The summed E-state index contributed by atoms with van der Waals surface area (Å²) in [4.78, 5) is 25.3. The molecule has 3 rings (SSSR count). The Hall–Kier alpha value is -2.94. The van der Waals surface area contributed by atoms with Gasteiger partial charge in [-0.25, -0.2) is 9.18 Å². The van der Waals surface area contributed by atoms with Crippen LogP contribution in [0.1, 0.15) is 46.4 Å². The number of nitrogens with zero attached hydrogens (tertiary/aromatic N) is 1. The van der Waals surface area contributed by atoms with E-state index in [1.54, 1.807) is 24.0 Å². The number of likely N-dealkylation sites (tertiary alicyclic amines) is 1. The molecule has 0 radical (unpaired) electrons. The highest BCUT2D eigenvalue weighted by atomic mass is 19.4. The van der Waals surface area contributed by atoms with Crippen molar-refractivity contribution >= 4 is 11.9 Å². The predicted octanol–water partition coefficient (Wildman–Crippen LogP) is 4.19. The zero-order valence-electron chi connectivity index (χ0n) is 16.7. The van der Waals surface area contributed by atoms with Crippen LogP contribution in [0.5, 0.6) is 0 Å². The second-order valence-electron chi connectivity index (χ2n) is 7.63. The fourth-order valence-corrected chi connectivity index (χ4v) is 3.64. The SMILES string of the molecule is C[C@H](NC(=O)[C@H]1C[C@H](F)CN1Cc1ccc(C(F)(F)F)cc1)c1ccc(C(=O)O)cc1. The van der Waals surface area contributed by atoms with Gasteiger partial charge in [-0.15, -0.1) is 0 Å². The third kappa shape index (κ3) is 5.61. The third-order valence-corrected chi connectivity index (χ3v) is 5.34. The normalized spacial score (nSPS) is 20.4. The van der Waals surface area contributed by atoms with E-state index in [1.165, 1.54) is 24.3 Å². The first-order chi connectivity index (χ1) is 14.5. The van der Waals surface area contributed by atoms with Crippen molar-refractivity contribution in [3.05, 3.63) is 70.8 Å². The first-order valence-corrected chi connectivity index (χ1v) is 9.72. The van der Waals surface area contributed by atoms with Crippen molar-refractivity contribution < 1.29 is 32.3 Å². The molecular weight excluding hydrogens is 416 g/mol. The molecule has 1 saturated heterocycles. The van der Waals surface area contributed by atoms with E-state index < -0.39 is 36.0 Å². The molecule has 2 aromatic carbocycles. The maximum Gasteiger partial charge on any atom is 0.416 e. The van der Waals surface area contributed by atoms with E-state index >= 15 is 0 Å². The van der Waals surface area contributed by atoms with Crippen LogP contribution in [0.15, 0.2) is 48.5 Å². The van der Waals surface area contributed by atoms with E-state index in [2.05, 4.69) is 5.32 Å². The molecule has 1 heterocycles. The minimum Gasteiger partial charge on any atom is -0.478 e. The maximum atomic E-state index is 14.1. The molecule has 1 aliphatic heterocycles. The molecule has 166 valence electrons. The molecule has 2 N–H and O–H groups in total. The molecule has 1 amide bonds. The fraction of sp³-hybridized carbons (Fsp3) is 0.364. The number of carbonyl (C=O) groups excluding carboxylic acids is 1. The number of nitrogens with one attached hydrogen (secondary N) is 1. The molecule has 31 heavy (non-hydrogen) atoms. The quantitative estimate of drug-likeness (QED) is 0.664. The van der Waals surface area contributed by atoms with Gasteiger partial charge in [0.15, 0.2) is 0 Å². The number of benzene rings is 2. The van der Waals surface area contributed by atoms with Gasteiger partial charge in [0.1, 0.15) is 6.17 Å². The van der Waals surface area contributed by atoms with E-state index in [-0.39, 0.29) is 31.0 Å². The maximum absolute atomic E-state index is 14.1. The number of halogens is 4. The van der Waals surface area contributed by atoms with Crippen LogP contribution in [-0.2, 0) is 17.5 Å². The van der Waals surface area contributed by atoms with Crippen molar-refractivity contribution in [3.63, 3.8) is 0 Å². The van der Waals surface area contributed by atoms with Crippen molar-refractivity contribution in [2.24, 2.45) is 0 Å². The average Bonchev–Trinajstić information content (AvgIpc) is 3.08. The molecule has 3 atom stereocenters. The van der Waals surface area contributed by atoms with Crippen LogP contribution >= 0.6 is 0 Å². The molecule has 1 aliphatic rings. The van der Waals surface area contributed by atoms with E-state index in [0.717, 1.165) is 12.1 Å². The van der Waals surface area contributed by atoms with Crippen molar-refractivity contribution in [2.45, 2.75) is 44.3 Å². The van der Waals surface area contributed by atoms with Crippen molar-refractivity contribution in [3.8, 4) is 0 Å². The average molecular weight is 438 g/mol. The lowest BCUT2D eigenvalue weighted by Gasteiger charge is -2.25. The highest BCUT2D eigenvalue weighted by Gasteiger charge is 2.37. The Morgan fingerprint density at radius 1 is 1.13 bits per heavy atom. The lowest BCUT2D eigenvalue weighted by atomic mass is 10.1. The number of carbonyl (C=O) groups is 2. The smallest absolute Gasteiger partial charge is 0.416 e. The zero-order valence-corrected chi connectivity index (χ0v) is 16.7. The number of carboxylic acids is 1. The Kier molecular flexibility index (Phi) is 6.64. The van der Waals surface area contributed by atoms with Crippen LogP contribution in [0.2, 0.25) is 0 Å². The first kappa shape index (κ1) is 22.7. The number of hydrogen-bond donors (Lipinski definition) is 2. The highest BCUT2D eigenvalue weighted by molar-refractivity contribution is 5.87. The van der Waals surface area contributed by atoms with Gasteiger partial charge < -0.3 is 10.4 Å². The van der Waals surface area contributed by atoms with Gasteiger partial charge in [0.2, 0.25) is 5.91 Å². The monoisotopic (exact) mass is 438 g/mol. The fourth-order valence-electron chi connectivity index (χ4n) is 3.64. The summed E-state index contributed by atoms with van der Waals surface area (Å²) < 4.78 is 52.2. The molecule has 0 saturated carbocycles. The Bertz CT molecular complexity index is 929. The summed E-state index contributed by atoms with van der Waals surface area (Å²) in [5, 5.41) is 11.8. The molecule has 0 aliphatic carbocycles. The van der Waals surface area contributed by atoms with Crippen molar-refractivity contribution in [1.82, 2.24) is 10.2 Å². The minimum absolute atomic E-state index is 0.00284. The van der Waals surface area contributed by atoms with Gasteiger partial charge in [-0.1, -0.05) is 24.3 Å². The second kappa shape index (κ2) is 9.05. The third-order valence-electron chi connectivity index (χ3n) is 5.34. The minimum atomic E-state index is -4.43. The largest absolute Gasteiger partial charge is 0.478 e. The molecule has 1 fully saturated rings. The number of carboxylic acid groups (broad SMARTS) is 1. The van der Waals surface area contributed by atoms with Gasteiger partial charge in [0.25, 0.3) is 0 Å². The van der Waals surface area contributed by atoms with Gasteiger partial charge in [0, 0.05) is 19.5 Å². The van der Waals surface area contributed by atoms with Gasteiger partial charge >= 0.3 is 12.1 Å². The number of alkyl halides is 4. The second-order valence-corrected chi connectivity index (χ2v) is 7.63. The Labute approximate surface area is 176 Å². The van der Waals surface area contributed by atoms with Gasteiger partial charge in [0.05, 0.1) is 23.2 Å². The first-order valence-electron chi connectivity index (χ1n) is 9.72. The summed E-state index contributed by atoms with van der Waals surface area (Å²) in [5.74, 6) is -1.44. The van der Waals surface area contributed by atoms with Crippen LogP contribution in [0.25, 0.3) is 0 Å². The summed E-state index contributed by atoms with van der Waals surface area (Å²) in [7, 11) is 0. The zero-order chi connectivity index (χ0) is 22.8. The Morgan fingerprint density at radius 2 is 1.74 bits per heavy atom. The summed E-state index contributed by atoms with van der Waals surface area (Å²) in [6.07, 6.45) is -5.65. The van der Waals surface area contributed by atoms with Crippen LogP contribution in [0, 0.1) is 0 Å². The van der Waals surface area contributed by atoms with Gasteiger partial charge in [-0.3, -0.25) is 9.69 Å². The summed E-state index contributed by atoms with van der Waals surface area (Å²) in [6.45, 7) is 1.90. The highest BCUT2D eigenvalue weighted by Crippen LogP contribution is 2.30. The van der Waals surface area contributed by atoms with Crippen molar-refractivity contribution in [2.75, 3.05) is 6.54 Å². The molecule has 0 unspecified atom stereocenters. The van der Waals surface area contributed by atoms with E-state index in [9.17, 15) is 27.2 Å². The standard InChI is InChI=1S/C22H22F4N2O3/c1-13(15-4-6-16(7-5-15)21(30)31)27-20(29)19-10-18(23)12-28(19)11-14-2-8-17(9-3-14)22(24,25)26/h2-9,13,18-19H,10-12H2,1H3,(H,27,29)(H,30,31)/t13-,18-,19+/m0/s1. The summed E-state index contributed by atoms with van der Waals surface area (Å²) in [6, 6.07) is 9.48. The van der Waals surface area contributed by atoms with Crippen LogP contribution in [0.3, 0.4) is 0 Å². The van der Waals surface area contributed by atoms with Crippen LogP contribution in [0.4, 0.5) is 17.6 Å². The molecular formula is C22H22F4N2O3. The van der Waals surface area contributed by atoms with Gasteiger partial charge in [-0.05, 0) is 42.3 Å². The Morgan fingerprint density at radius 3 is 2.29 bits per heavy atom. The number of rotatable bonds is 6. The molecule has 2 aromatic rings. The predicted molar refractivity (Wildman–Crippen MR) is 105 cm³/mol. The van der Waals surface area contributed by atoms with Crippen LogP contribution < -0.4 is 5.32 Å². The van der Waals surface area contributed by atoms with E-state index in [1.807, 2.05) is 0 Å². The van der Waals surface area contributed by atoms with E-state index in [0.29, 0.717) is 11.1 Å². The summed E-state index contributed by atoms with van der Waals surface area (Å²) in [5.41, 5.74) is 0.610. The number of hydrogen-bond acceptors (Lipinski definition) is 3. The molecule has 0 bridgehead atoms. The lowest BCUT2D eigenvalue weighted by molar-refractivity contribution is -0.137. The lowest BCUT2D eigenvalue weighted by Crippen LogP contribution is -2.43. The summed E-state index contributed by atoms with van der Waals surface area (Å²) >= 11 is 0.